The molecule has 0 aromatic heterocycles. The van der Waals surface area contributed by atoms with Crippen LogP contribution in [0.25, 0.3) is 0 Å². The summed E-state index contributed by atoms with van der Waals surface area (Å²) >= 11 is 0. The van der Waals surface area contributed by atoms with E-state index in [1.165, 1.54) is 115 Å². The molecule has 1 saturated heterocycles. The molecule has 0 spiro atoms. The zero-order valence-corrected chi connectivity index (χ0v) is 37.0. The first-order valence-electron chi connectivity index (χ1n) is 21.2. The van der Waals surface area contributed by atoms with Crippen LogP contribution in [0.2, 0.25) is 0 Å². The molecule has 0 aromatic carbocycles. The normalized spacial score (nSPS) is 23.7. The number of hydrogen-bond acceptors (Lipinski definition) is 10. The number of carbonyl (C=O) groups is 1. The predicted octanol–water partition coefficient (Wildman–Crippen LogP) is 5.28. The molecule has 1 aliphatic heterocycles. The van der Waals surface area contributed by atoms with Crippen LogP contribution < -0.4 is 56.5 Å². The number of nitrogens with zero attached hydrogens (tertiary/aromatic N) is 1. The van der Waals surface area contributed by atoms with Gasteiger partial charge in [0.15, 0.2) is 0 Å². The number of unbranched alkanes of at least 4 members (excludes halogenated alkanes) is 15. The summed E-state index contributed by atoms with van der Waals surface area (Å²) in [6.07, 6.45) is 30.9. The summed E-state index contributed by atoms with van der Waals surface area (Å²) in [6, 6.07) is 1.53. The minimum atomic E-state index is -0.802. The van der Waals surface area contributed by atoms with Gasteiger partial charge < -0.3 is 38.3 Å². The van der Waals surface area contributed by atoms with Crippen molar-refractivity contribution >= 4 is 5.97 Å². The van der Waals surface area contributed by atoms with Crippen LogP contribution in [-0.4, -0.2) is 89.8 Å². The van der Waals surface area contributed by atoms with Crippen molar-refractivity contribution in [2.24, 2.45) is 0 Å². The molecule has 3 rings (SSSR count). The third-order valence-electron chi connectivity index (χ3n) is 10.2. The first-order valence-corrected chi connectivity index (χ1v) is 21.2. The van der Waals surface area contributed by atoms with Gasteiger partial charge in [0.25, 0.3) is 0 Å². The second-order valence-electron chi connectivity index (χ2n) is 14.5. The fourth-order valence-corrected chi connectivity index (χ4v) is 7.14. The van der Waals surface area contributed by atoms with Crippen molar-refractivity contribution in [2.75, 3.05) is 59.5 Å². The van der Waals surface area contributed by atoms with Crippen LogP contribution >= 0.6 is 0 Å². The number of ether oxygens (including phenoxy) is 7. The smallest absolute Gasteiger partial charge is 0.877 e. The van der Waals surface area contributed by atoms with E-state index >= 15 is 0 Å². The predicted molar refractivity (Wildman–Crippen MR) is 202 cm³/mol. The maximum Gasteiger partial charge on any atom is 1.00 e. The molecule has 0 N–H and O–H groups in total. The van der Waals surface area contributed by atoms with E-state index in [9.17, 15) is 9.90 Å². The minimum Gasteiger partial charge on any atom is -0.877 e. The molecule has 1 heterocycles. The van der Waals surface area contributed by atoms with E-state index in [1.807, 2.05) is 0 Å². The van der Waals surface area contributed by atoms with E-state index < -0.39 is 11.5 Å². The zero-order chi connectivity index (χ0) is 37.2. The largest absolute Gasteiger partial charge is 1.00 e. The number of esters is 1. The Bertz CT molecular complexity index is 852. The summed E-state index contributed by atoms with van der Waals surface area (Å²) in [5.41, 5.74) is -0.457. The molecule has 10 nitrogen and oxygen atoms in total. The van der Waals surface area contributed by atoms with E-state index in [0.717, 1.165) is 44.9 Å². The van der Waals surface area contributed by atoms with Crippen molar-refractivity contribution in [3.63, 3.8) is 0 Å². The summed E-state index contributed by atoms with van der Waals surface area (Å²) in [6.45, 7) is 7.48. The molecule has 0 amide bonds. The quantitative estimate of drug-likeness (QED) is 0.0453. The van der Waals surface area contributed by atoms with Crippen LogP contribution in [-0.2, 0) is 38.0 Å². The van der Waals surface area contributed by atoms with E-state index in [0.29, 0.717) is 52.9 Å². The Morgan fingerprint density at radius 1 is 0.585 bits per heavy atom. The minimum absolute atomic E-state index is 0. The van der Waals surface area contributed by atoms with Gasteiger partial charge in [-0.2, -0.15) is 5.26 Å². The SMILES string of the molecule is C1CCC2OCCOCCOC3CCCCC3OCCOCCOC2C1.CCCCCCCCCCCCCCCCCCOC(=O)/C(C#N)=C\[O-].[K+]. The molecule has 3 aliphatic rings. The molecule has 4 unspecified atom stereocenters. The number of rotatable bonds is 18. The van der Waals surface area contributed by atoms with Crippen molar-refractivity contribution in [3.8, 4) is 6.07 Å². The Kier molecular flexibility index (Phi) is 36.0. The van der Waals surface area contributed by atoms with Crippen molar-refractivity contribution < 1.29 is 94.4 Å². The Labute approximate surface area is 365 Å². The van der Waals surface area contributed by atoms with Gasteiger partial charge in [-0.1, -0.05) is 129 Å². The molecule has 11 heteroatoms. The van der Waals surface area contributed by atoms with E-state index in [1.54, 1.807) is 0 Å². The molecule has 2 saturated carbocycles. The first-order chi connectivity index (χ1) is 25.7. The fraction of sp³-hybridized carbons (Fsp3) is 0.905. The van der Waals surface area contributed by atoms with Crippen LogP contribution in [0.1, 0.15) is 161 Å². The maximum absolute atomic E-state index is 11.3. The van der Waals surface area contributed by atoms with Gasteiger partial charge in [-0.3, -0.25) is 0 Å². The van der Waals surface area contributed by atoms with Crippen LogP contribution in [0.5, 0.6) is 0 Å². The Morgan fingerprint density at radius 2 is 0.906 bits per heavy atom. The molecule has 3 fully saturated rings. The van der Waals surface area contributed by atoms with Gasteiger partial charge in [-0.05, 0) is 32.1 Å². The molecule has 0 aromatic rings. The molecular weight excluding hydrogens is 702 g/mol. The second-order valence-corrected chi connectivity index (χ2v) is 14.5. The van der Waals surface area contributed by atoms with E-state index in [-0.39, 0.29) is 88.7 Å². The Hall–Kier alpha value is -0.104. The van der Waals surface area contributed by atoms with Gasteiger partial charge >= 0.3 is 57.4 Å². The average molecular weight is 776 g/mol. The monoisotopic (exact) mass is 776 g/mol. The maximum atomic E-state index is 11.3. The molecule has 53 heavy (non-hydrogen) atoms. The summed E-state index contributed by atoms with van der Waals surface area (Å²) in [7, 11) is 0. The number of fused-ring (bicyclic) bond motifs is 2. The third kappa shape index (κ3) is 27.2. The van der Waals surface area contributed by atoms with E-state index in [4.69, 9.17) is 38.4 Å². The van der Waals surface area contributed by atoms with Crippen molar-refractivity contribution in [2.45, 2.75) is 185 Å². The van der Waals surface area contributed by atoms with Gasteiger partial charge in [0.1, 0.15) is 11.6 Å². The molecular formula is C42H74KNO9. The molecule has 0 radical (unpaired) electrons. The van der Waals surface area contributed by atoms with Crippen LogP contribution in [0.15, 0.2) is 11.8 Å². The zero-order valence-electron chi connectivity index (χ0n) is 33.8. The van der Waals surface area contributed by atoms with Crippen molar-refractivity contribution in [1.82, 2.24) is 0 Å². The van der Waals surface area contributed by atoms with Gasteiger partial charge in [-0.15, -0.1) is 6.26 Å². The Balaban J connectivity index is 0.000000520. The topological polar surface area (TPSA) is 129 Å². The van der Waals surface area contributed by atoms with Crippen molar-refractivity contribution in [3.05, 3.63) is 11.8 Å². The molecule has 2 aliphatic carbocycles. The summed E-state index contributed by atoms with van der Waals surface area (Å²) in [5.74, 6) is -0.802. The van der Waals surface area contributed by atoms with Gasteiger partial charge in [0.05, 0.1) is 83.9 Å². The number of hydrogen-bond donors (Lipinski definition) is 0. The van der Waals surface area contributed by atoms with Crippen LogP contribution in [0.3, 0.4) is 0 Å². The first kappa shape index (κ1) is 50.9. The number of nitriles is 1. The summed E-state index contributed by atoms with van der Waals surface area (Å²) in [4.78, 5) is 11.3. The second kappa shape index (κ2) is 37.5. The summed E-state index contributed by atoms with van der Waals surface area (Å²) in [5, 5.41) is 18.9. The summed E-state index contributed by atoms with van der Waals surface area (Å²) < 4.78 is 40.4. The van der Waals surface area contributed by atoms with E-state index in [2.05, 4.69) is 6.92 Å². The number of carbonyl (C=O) groups excluding carboxylic acids is 1. The van der Waals surface area contributed by atoms with Crippen molar-refractivity contribution in [1.29, 1.82) is 5.26 Å². The van der Waals surface area contributed by atoms with Gasteiger partial charge in [0, 0.05) is 0 Å². The van der Waals surface area contributed by atoms with Crippen LogP contribution in [0.4, 0.5) is 0 Å². The molecule has 4 atom stereocenters. The van der Waals surface area contributed by atoms with Crippen LogP contribution in [0, 0.1) is 11.3 Å². The average Bonchev–Trinajstić information content (AvgIpc) is 3.16. The van der Waals surface area contributed by atoms with Gasteiger partial charge in [-0.25, -0.2) is 4.79 Å². The fourth-order valence-electron chi connectivity index (χ4n) is 7.14. The third-order valence-corrected chi connectivity index (χ3v) is 10.2. The Morgan fingerprint density at radius 3 is 1.21 bits per heavy atom. The molecule has 302 valence electrons. The van der Waals surface area contributed by atoms with Gasteiger partial charge in [0.2, 0.25) is 0 Å². The standard InChI is InChI=1S/C22H39NO3.C20H36O6.K/c1-2-3-4-5-6-7-8-9-10-11-12-13-14-15-16-17-18-26-22(25)21(19-23)20-24;1-2-6-18-17(5-1)23-13-9-21-11-15-25-19-7-3-4-8-20(19)26-16-12-22-10-14-24-18;/h20,24H,2-18H2,1H3;17-20H,1-16H2;/q;;+1/p-1/b21-20-;;. The molecule has 0 bridgehead atoms.